The van der Waals surface area contributed by atoms with Crippen molar-refractivity contribution in [3.05, 3.63) is 47.5 Å². The second kappa shape index (κ2) is 5.99. The molecule has 0 N–H and O–H groups in total. The van der Waals surface area contributed by atoms with Gasteiger partial charge in [-0.3, -0.25) is 0 Å². The molecule has 0 heteroatoms. The third kappa shape index (κ3) is 2.90. The first-order valence-corrected chi connectivity index (χ1v) is 8.26. The molecule has 0 atom stereocenters. The fourth-order valence-corrected chi connectivity index (χ4v) is 3.83. The van der Waals surface area contributed by atoms with Crippen LogP contribution >= 0.6 is 0 Å². The molecule has 1 aliphatic rings. The standard InChI is InChI=1S/C20H26/c1-3-4-16-6-9-17(10-7-16)19-12-11-18-13-15(2)5-8-20(18)14-19/h5,8,11-14,16-17H,3-4,6-7,9-10H2,1-2H3. The van der Waals surface area contributed by atoms with Crippen molar-refractivity contribution in [1.29, 1.82) is 0 Å². The molecule has 0 saturated heterocycles. The predicted molar refractivity (Wildman–Crippen MR) is 88.3 cm³/mol. The van der Waals surface area contributed by atoms with Crippen molar-refractivity contribution in [1.82, 2.24) is 0 Å². The first-order chi connectivity index (χ1) is 9.76. The third-order valence-electron chi connectivity index (χ3n) is 5.03. The van der Waals surface area contributed by atoms with Crippen LogP contribution in [0.25, 0.3) is 10.8 Å². The maximum Gasteiger partial charge on any atom is -0.0162 e. The molecule has 0 heterocycles. The molecule has 2 aromatic rings. The Kier molecular flexibility index (Phi) is 4.10. The summed E-state index contributed by atoms with van der Waals surface area (Å²) in [6.45, 7) is 4.49. The lowest BCUT2D eigenvalue weighted by molar-refractivity contribution is 0.308. The molecule has 20 heavy (non-hydrogen) atoms. The van der Waals surface area contributed by atoms with Crippen molar-refractivity contribution in [3.8, 4) is 0 Å². The molecule has 0 aliphatic heterocycles. The van der Waals surface area contributed by atoms with Crippen LogP contribution in [-0.2, 0) is 0 Å². The second-order valence-electron chi connectivity index (χ2n) is 6.62. The van der Waals surface area contributed by atoms with E-state index in [0.29, 0.717) is 0 Å². The Morgan fingerprint density at radius 3 is 2.35 bits per heavy atom. The van der Waals surface area contributed by atoms with E-state index in [1.54, 1.807) is 5.56 Å². The Bertz CT molecular complexity index is 574. The minimum Gasteiger partial charge on any atom is -0.0654 e. The van der Waals surface area contributed by atoms with Gasteiger partial charge in [-0.2, -0.15) is 0 Å². The van der Waals surface area contributed by atoms with Gasteiger partial charge in [0, 0.05) is 0 Å². The number of hydrogen-bond acceptors (Lipinski definition) is 0. The third-order valence-corrected chi connectivity index (χ3v) is 5.03. The van der Waals surface area contributed by atoms with Crippen LogP contribution in [0.15, 0.2) is 36.4 Å². The molecule has 0 unspecified atom stereocenters. The first-order valence-electron chi connectivity index (χ1n) is 8.26. The van der Waals surface area contributed by atoms with Gasteiger partial charge in [0.2, 0.25) is 0 Å². The highest BCUT2D eigenvalue weighted by Gasteiger charge is 2.21. The molecule has 106 valence electrons. The summed E-state index contributed by atoms with van der Waals surface area (Å²) < 4.78 is 0. The Balaban J connectivity index is 1.76. The van der Waals surface area contributed by atoms with Gasteiger partial charge in [0.15, 0.2) is 0 Å². The van der Waals surface area contributed by atoms with Crippen molar-refractivity contribution < 1.29 is 0 Å². The lowest BCUT2D eigenvalue weighted by Gasteiger charge is -2.28. The highest BCUT2D eigenvalue weighted by Crippen LogP contribution is 2.38. The van der Waals surface area contributed by atoms with Crippen molar-refractivity contribution in [2.45, 2.75) is 58.3 Å². The van der Waals surface area contributed by atoms with Gasteiger partial charge in [-0.25, -0.2) is 0 Å². The minimum atomic E-state index is 0.800. The number of hydrogen-bond donors (Lipinski definition) is 0. The van der Waals surface area contributed by atoms with Gasteiger partial charge in [0.1, 0.15) is 0 Å². The van der Waals surface area contributed by atoms with Gasteiger partial charge >= 0.3 is 0 Å². The highest BCUT2D eigenvalue weighted by atomic mass is 14.3. The predicted octanol–water partition coefficient (Wildman–Crippen LogP) is 6.22. The van der Waals surface area contributed by atoms with E-state index in [9.17, 15) is 0 Å². The molecular weight excluding hydrogens is 240 g/mol. The molecule has 0 nitrogen and oxygen atoms in total. The lowest BCUT2D eigenvalue weighted by atomic mass is 9.77. The molecule has 0 spiro atoms. The van der Waals surface area contributed by atoms with E-state index >= 15 is 0 Å². The zero-order valence-corrected chi connectivity index (χ0v) is 12.9. The molecule has 0 amide bonds. The van der Waals surface area contributed by atoms with Gasteiger partial charge in [-0.05, 0) is 60.8 Å². The maximum atomic E-state index is 2.43. The molecule has 0 bridgehead atoms. The van der Waals surface area contributed by atoms with E-state index in [-0.39, 0.29) is 0 Å². The van der Waals surface area contributed by atoms with E-state index in [0.717, 1.165) is 11.8 Å². The molecule has 1 saturated carbocycles. The molecule has 2 aromatic carbocycles. The van der Waals surface area contributed by atoms with Crippen molar-refractivity contribution in [2.24, 2.45) is 5.92 Å². The van der Waals surface area contributed by atoms with Gasteiger partial charge in [0.05, 0.1) is 0 Å². The second-order valence-corrected chi connectivity index (χ2v) is 6.62. The largest absolute Gasteiger partial charge is 0.0654 e. The smallest absolute Gasteiger partial charge is 0.0162 e. The summed E-state index contributed by atoms with van der Waals surface area (Å²) in [5.74, 6) is 1.80. The molecule has 0 aromatic heterocycles. The molecule has 0 radical (unpaired) electrons. The molecule has 3 rings (SSSR count). The van der Waals surface area contributed by atoms with E-state index in [2.05, 4.69) is 50.2 Å². The van der Waals surface area contributed by atoms with Crippen LogP contribution in [0.3, 0.4) is 0 Å². The summed E-state index contributed by atoms with van der Waals surface area (Å²) in [4.78, 5) is 0. The lowest BCUT2D eigenvalue weighted by Crippen LogP contribution is -2.13. The van der Waals surface area contributed by atoms with Crippen LogP contribution in [0.1, 0.15) is 62.5 Å². The first kappa shape index (κ1) is 13.7. The number of fused-ring (bicyclic) bond motifs is 1. The van der Waals surface area contributed by atoms with Crippen molar-refractivity contribution >= 4 is 10.8 Å². The Hall–Kier alpha value is -1.30. The monoisotopic (exact) mass is 266 g/mol. The average molecular weight is 266 g/mol. The SMILES string of the molecule is CCCC1CCC(c2ccc3cc(C)ccc3c2)CC1. The van der Waals surface area contributed by atoms with Crippen LogP contribution in [0.4, 0.5) is 0 Å². The zero-order valence-electron chi connectivity index (χ0n) is 12.9. The zero-order chi connectivity index (χ0) is 13.9. The number of rotatable bonds is 3. The Morgan fingerprint density at radius 1 is 0.900 bits per heavy atom. The topological polar surface area (TPSA) is 0 Å². The molecule has 1 aliphatic carbocycles. The normalized spacial score (nSPS) is 23.1. The summed E-state index contributed by atoms with van der Waals surface area (Å²) >= 11 is 0. The van der Waals surface area contributed by atoms with Gasteiger partial charge < -0.3 is 0 Å². The van der Waals surface area contributed by atoms with Gasteiger partial charge in [-0.1, -0.05) is 61.7 Å². The Labute approximate surface area is 123 Å². The van der Waals surface area contributed by atoms with Gasteiger partial charge in [-0.15, -0.1) is 0 Å². The summed E-state index contributed by atoms with van der Waals surface area (Å²) in [5, 5.41) is 2.79. The highest BCUT2D eigenvalue weighted by molar-refractivity contribution is 5.83. The van der Waals surface area contributed by atoms with Crippen LogP contribution in [-0.4, -0.2) is 0 Å². The van der Waals surface area contributed by atoms with Crippen LogP contribution in [0.2, 0.25) is 0 Å². The fraction of sp³-hybridized carbons (Fsp3) is 0.500. The summed E-state index contributed by atoms with van der Waals surface area (Å²) in [6, 6.07) is 13.9. The maximum absolute atomic E-state index is 2.43. The van der Waals surface area contributed by atoms with E-state index in [4.69, 9.17) is 0 Å². The summed E-state index contributed by atoms with van der Waals surface area (Å²) in [7, 11) is 0. The molecular formula is C20H26. The van der Waals surface area contributed by atoms with Crippen molar-refractivity contribution in [2.75, 3.05) is 0 Å². The van der Waals surface area contributed by atoms with Gasteiger partial charge in [0.25, 0.3) is 0 Å². The summed E-state index contributed by atoms with van der Waals surface area (Å²) in [5.41, 5.74) is 2.92. The Morgan fingerprint density at radius 2 is 1.60 bits per heavy atom. The van der Waals surface area contributed by atoms with Crippen LogP contribution in [0, 0.1) is 12.8 Å². The average Bonchev–Trinajstić information content (AvgIpc) is 2.48. The fourth-order valence-electron chi connectivity index (χ4n) is 3.83. The number of benzene rings is 2. The number of aryl methyl sites for hydroxylation is 1. The molecule has 1 fully saturated rings. The van der Waals surface area contributed by atoms with E-state index in [1.165, 1.54) is 54.9 Å². The quantitative estimate of drug-likeness (QED) is 0.618. The van der Waals surface area contributed by atoms with Crippen molar-refractivity contribution in [3.63, 3.8) is 0 Å². The summed E-state index contributed by atoms with van der Waals surface area (Å²) in [6.07, 6.45) is 8.44. The van der Waals surface area contributed by atoms with E-state index < -0.39 is 0 Å². The van der Waals surface area contributed by atoms with E-state index in [1.807, 2.05) is 0 Å². The van der Waals surface area contributed by atoms with Crippen LogP contribution in [0.5, 0.6) is 0 Å². The minimum absolute atomic E-state index is 0.800. The van der Waals surface area contributed by atoms with Crippen LogP contribution < -0.4 is 0 Å².